The molecule has 3 amide bonds. The van der Waals surface area contributed by atoms with E-state index < -0.39 is 34.0 Å². The summed E-state index contributed by atoms with van der Waals surface area (Å²) in [6.45, 7) is -0.194. The summed E-state index contributed by atoms with van der Waals surface area (Å²) in [6.07, 6.45) is 1.45. The van der Waals surface area contributed by atoms with Gasteiger partial charge in [0.25, 0.3) is 21.8 Å². The van der Waals surface area contributed by atoms with Crippen molar-refractivity contribution in [2.75, 3.05) is 6.54 Å². The van der Waals surface area contributed by atoms with Gasteiger partial charge in [-0.1, -0.05) is 30.3 Å². The summed E-state index contributed by atoms with van der Waals surface area (Å²) < 4.78 is 26.8. The van der Waals surface area contributed by atoms with E-state index in [-0.39, 0.29) is 34.5 Å². The maximum Gasteiger partial charge on any atom is 0.404 e. The maximum absolute atomic E-state index is 13.0. The molecule has 12 heteroatoms. The minimum Gasteiger partial charge on any atom is -0.465 e. The van der Waals surface area contributed by atoms with Crippen LogP contribution in [-0.2, 0) is 16.4 Å². The van der Waals surface area contributed by atoms with Crippen molar-refractivity contribution in [3.05, 3.63) is 89.9 Å². The van der Waals surface area contributed by atoms with E-state index in [1.165, 1.54) is 24.5 Å². The van der Waals surface area contributed by atoms with Crippen LogP contribution in [0.2, 0.25) is 0 Å². The van der Waals surface area contributed by atoms with Crippen LogP contribution in [0.25, 0.3) is 10.9 Å². The summed E-state index contributed by atoms with van der Waals surface area (Å²) in [5.74, 6) is -0.993. The first-order valence-electron chi connectivity index (χ1n) is 10.8. The van der Waals surface area contributed by atoms with Crippen LogP contribution in [-0.4, -0.2) is 63.1 Å². The Balaban J connectivity index is 1.40. The molecule has 1 atom stereocenters. The first-order valence-corrected chi connectivity index (χ1v) is 12.3. The lowest BCUT2D eigenvalue weighted by atomic mass is 10.1. The summed E-state index contributed by atoms with van der Waals surface area (Å²) in [6, 6.07) is 15.0. The van der Waals surface area contributed by atoms with Gasteiger partial charge in [0.15, 0.2) is 0 Å². The highest BCUT2D eigenvalue weighted by molar-refractivity contribution is 7.90. The summed E-state index contributed by atoms with van der Waals surface area (Å²) >= 11 is 0. The minimum absolute atomic E-state index is 0.0479. The monoisotopic (exact) mass is 505 g/mol. The van der Waals surface area contributed by atoms with Crippen LogP contribution < -0.4 is 5.32 Å². The highest BCUT2D eigenvalue weighted by Gasteiger charge is 2.36. The SMILES string of the molecule is O=C(O)N[C@@H](Cc1cc2cnn(S(=O)(=O)c3ccccc3)c2cn1)CN1C(=O)c2ccccc2C1=O. The van der Waals surface area contributed by atoms with Gasteiger partial charge in [0.05, 0.1) is 41.0 Å². The number of hydrogen-bond donors (Lipinski definition) is 2. The summed E-state index contributed by atoms with van der Waals surface area (Å²) in [5, 5.41) is 16.2. The van der Waals surface area contributed by atoms with Crippen molar-refractivity contribution in [1.82, 2.24) is 24.4 Å². The zero-order valence-corrected chi connectivity index (χ0v) is 19.4. The van der Waals surface area contributed by atoms with Gasteiger partial charge in [-0.25, -0.2) is 4.79 Å². The van der Waals surface area contributed by atoms with Gasteiger partial charge in [0, 0.05) is 17.5 Å². The molecule has 2 aromatic heterocycles. The molecule has 1 aliphatic rings. The second-order valence-electron chi connectivity index (χ2n) is 8.16. The molecule has 36 heavy (non-hydrogen) atoms. The van der Waals surface area contributed by atoms with Crippen molar-refractivity contribution in [3.8, 4) is 0 Å². The van der Waals surface area contributed by atoms with Gasteiger partial charge < -0.3 is 10.4 Å². The molecule has 1 aliphatic heterocycles. The molecule has 0 aliphatic carbocycles. The molecule has 0 radical (unpaired) electrons. The first kappa shape index (κ1) is 23.2. The van der Waals surface area contributed by atoms with E-state index in [9.17, 15) is 27.9 Å². The molecule has 0 fully saturated rings. The Morgan fingerprint density at radius 1 is 0.972 bits per heavy atom. The molecular weight excluding hydrogens is 486 g/mol. The third kappa shape index (κ3) is 4.07. The van der Waals surface area contributed by atoms with Crippen molar-refractivity contribution in [3.63, 3.8) is 0 Å². The van der Waals surface area contributed by atoms with Crippen LogP contribution in [0.15, 0.2) is 78.0 Å². The van der Waals surface area contributed by atoms with Gasteiger partial charge in [0.2, 0.25) is 0 Å². The molecule has 11 nitrogen and oxygen atoms in total. The van der Waals surface area contributed by atoms with Gasteiger partial charge in [-0.15, -0.1) is 0 Å². The van der Waals surface area contributed by atoms with Crippen molar-refractivity contribution in [1.29, 1.82) is 0 Å². The number of carbonyl (C=O) groups excluding carboxylic acids is 2. The van der Waals surface area contributed by atoms with Crippen LogP contribution in [0.5, 0.6) is 0 Å². The Morgan fingerprint density at radius 2 is 1.61 bits per heavy atom. The fourth-order valence-electron chi connectivity index (χ4n) is 4.16. The van der Waals surface area contributed by atoms with Crippen molar-refractivity contribution >= 4 is 38.8 Å². The predicted molar refractivity (Wildman–Crippen MR) is 127 cm³/mol. The third-order valence-electron chi connectivity index (χ3n) is 5.81. The molecule has 0 unspecified atom stereocenters. The molecule has 2 N–H and O–H groups in total. The molecule has 182 valence electrons. The molecular formula is C24H19N5O6S. The van der Waals surface area contributed by atoms with E-state index in [2.05, 4.69) is 15.4 Å². The molecule has 4 aromatic rings. The number of fused-ring (bicyclic) bond motifs is 2. The maximum atomic E-state index is 13.0. The fourth-order valence-corrected chi connectivity index (χ4v) is 5.44. The molecule has 0 saturated heterocycles. The van der Waals surface area contributed by atoms with E-state index in [0.717, 1.165) is 8.99 Å². The number of carboxylic acid groups (broad SMARTS) is 1. The Morgan fingerprint density at radius 3 is 2.25 bits per heavy atom. The standard InChI is InChI=1S/C24H19N5O6S/c30-22-19-8-4-5-9-20(19)23(31)28(22)14-17(27-24(32)33)11-16-10-15-12-26-29(21(15)13-25-16)36(34,35)18-6-2-1-3-7-18/h1-10,12-13,17,27H,11,14H2,(H,32,33)/t17-/m0/s1. The number of nitrogens with zero attached hydrogens (tertiary/aromatic N) is 4. The molecule has 2 aromatic carbocycles. The fraction of sp³-hybridized carbons (Fsp3) is 0.125. The largest absolute Gasteiger partial charge is 0.465 e. The lowest BCUT2D eigenvalue weighted by Gasteiger charge is -2.22. The molecule has 3 heterocycles. The lowest BCUT2D eigenvalue weighted by Crippen LogP contribution is -2.46. The Labute approximate surface area is 205 Å². The molecule has 0 saturated carbocycles. The van der Waals surface area contributed by atoms with Crippen molar-refractivity contribution < 1.29 is 27.9 Å². The van der Waals surface area contributed by atoms with E-state index in [4.69, 9.17) is 0 Å². The zero-order valence-electron chi connectivity index (χ0n) is 18.6. The Kier molecular flexibility index (Phi) is 5.72. The number of amides is 3. The average Bonchev–Trinajstić information content (AvgIpc) is 3.40. The highest BCUT2D eigenvalue weighted by atomic mass is 32.2. The number of rotatable bonds is 7. The number of benzene rings is 2. The number of aromatic nitrogens is 3. The van der Waals surface area contributed by atoms with Gasteiger partial charge in [-0.2, -0.15) is 17.6 Å². The van der Waals surface area contributed by atoms with Crippen LogP contribution in [0.4, 0.5) is 4.79 Å². The van der Waals surface area contributed by atoms with Crippen LogP contribution in [0, 0.1) is 0 Å². The average molecular weight is 506 g/mol. The van der Waals surface area contributed by atoms with E-state index in [0.29, 0.717) is 11.1 Å². The molecule has 0 bridgehead atoms. The van der Waals surface area contributed by atoms with Crippen LogP contribution in [0.3, 0.4) is 0 Å². The van der Waals surface area contributed by atoms with Crippen LogP contribution >= 0.6 is 0 Å². The molecule has 0 spiro atoms. The van der Waals surface area contributed by atoms with E-state index in [1.54, 1.807) is 48.5 Å². The van der Waals surface area contributed by atoms with Crippen LogP contribution in [0.1, 0.15) is 26.4 Å². The number of imide groups is 1. The zero-order chi connectivity index (χ0) is 25.4. The summed E-state index contributed by atoms with van der Waals surface area (Å²) in [4.78, 5) is 42.2. The topological polar surface area (TPSA) is 152 Å². The minimum atomic E-state index is -3.93. The van der Waals surface area contributed by atoms with Gasteiger partial charge in [-0.3, -0.25) is 19.5 Å². The number of hydrogen-bond acceptors (Lipinski definition) is 7. The number of carbonyl (C=O) groups is 3. The third-order valence-corrected chi connectivity index (χ3v) is 7.43. The second-order valence-corrected chi connectivity index (χ2v) is 9.92. The predicted octanol–water partition coefficient (Wildman–Crippen LogP) is 2.14. The Hall–Kier alpha value is -4.58. The lowest BCUT2D eigenvalue weighted by molar-refractivity contribution is 0.0635. The smallest absolute Gasteiger partial charge is 0.404 e. The van der Waals surface area contributed by atoms with Gasteiger partial charge in [0.1, 0.15) is 5.52 Å². The quantitative estimate of drug-likeness (QED) is 0.363. The van der Waals surface area contributed by atoms with Gasteiger partial charge >= 0.3 is 6.09 Å². The van der Waals surface area contributed by atoms with Gasteiger partial charge in [-0.05, 0) is 30.3 Å². The highest BCUT2D eigenvalue weighted by Crippen LogP contribution is 2.24. The van der Waals surface area contributed by atoms with E-state index in [1.807, 2.05) is 0 Å². The first-order chi connectivity index (χ1) is 17.3. The second kappa shape index (κ2) is 8.89. The number of nitrogens with one attached hydrogen (secondary N) is 1. The summed E-state index contributed by atoms with van der Waals surface area (Å²) in [7, 11) is -3.93. The number of pyridine rings is 1. The van der Waals surface area contributed by atoms with E-state index >= 15 is 0 Å². The van der Waals surface area contributed by atoms with Crippen molar-refractivity contribution in [2.45, 2.75) is 17.4 Å². The Bertz CT molecular complexity index is 1580. The van der Waals surface area contributed by atoms with Crippen molar-refractivity contribution in [2.24, 2.45) is 0 Å². The molecule has 5 rings (SSSR count). The normalized spacial score (nSPS) is 14.2. The summed E-state index contributed by atoms with van der Waals surface area (Å²) in [5.41, 5.74) is 1.21.